The Morgan fingerprint density at radius 3 is 2.45 bits per heavy atom. The van der Waals surface area contributed by atoms with Crippen LogP contribution in [0.5, 0.6) is 5.75 Å². The standard InChI is InChI=1S/C19H23NO2/c1-12-9-10-18(14(3)11-12)22-16(5)19(21)20-17-8-6-7-13(2)15(17)4/h6-11,16H,1-5H3,(H,20,21)/t16-/m1/s1. The molecule has 0 unspecified atom stereocenters. The van der Waals surface area contributed by atoms with Crippen LogP contribution in [0.15, 0.2) is 36.4 Å². The van der Waals surface area contributed by atoms with E-state index in [1.54, 1.807) is 6.92 Å². The molecule has 2 aromatic carbocycles. The molecule has 0 aromatic heterocycles. The van der Waals surface area contributed by atoms with Crippen molar-refractivity contribution in [2.75, 3.05) is 5.32 Å². The van der Waals surface area contributed by atoms with E-state index in [0.29, 0.717) is 0 Å². The van der Waals surface area contributed by atoms with Crippen molar-refractivity contribution in [3.8, 4) is 5.75 Å². The number of nitrogens with one attached hydrogen (secondary N) is 1. The lowest BCUT2D eigenvalue weighted by Crippen LogP contribution is -2.30. The quantitative estimate of drug-likeness (QED) is 0.912. The van der Waals surface area contributed by atoms with Gasteiger partial charge in [-0.3, -0.25) is 4.79 Å². The first-order valence-electron chi connectivity index (χ1n) is 7.49. The van der Waals surface area contributed by atoms with Crippen LogP contribution in [-0.2, 0) is 4.79 Å². The summed E-state index contributed by atoms with van der Waals surface area (Å²) in [6.45, 7) is 9.81. The van der Waals surface area contributed by atoms with Gasteiger partial charge in [0, 0.05) is 5.69 Å². The van der Waals surface area contributed by atoms with Gasteiger partial charge in [0.1, 0.15) is 5.75 Å². The van der Waals surface area contributed by atoms with Crippen LogP contribution in [0.4, 0.5) is 5.69 Å². The van der Waals surface area contributed by atoms with Crippen molar-refractivity contribution in [1.82, 2.24) is 0 Å². The molecule has 0 aliphatic rings. The Balaban J connectivity index is 2.07. The van der Waals surface area contributed by atoms with E-state index < -0.39 is 6.10 Å². The Morgan fingerprint density at radius 1 is 1.05 bits per heavy atom. The van der Waals surface area contributed by atoms with Crippen LogP contribution in [-0.4, -0.2) is 12.0 Å². The number of benzene rings is 2. The van der Waals surface area contributed by atoms with E-state index in [-0.39, 0.29) is 5.91 Å². The highest BCUT2D eigenvalue weighted by molar-refractivity contribution is 5.94. The van der Waals surface area contributed by atoms with Crippen LogP contribution in [0.1, 0.15) is 29.2 Å². The summed E-state index contributed by atoms with van der Waals surface area (Å²) in [5.74, 6) is 0.600. The molecule has 1 N–H and O–H groups in total. The SMILES string of the molecule is Cc1ccc(O[C@H](C)C(=O)Nc2cccc(C)c2C)c(C)c1. The van der Waals surface area contributed by atoms with Gasteiger partial charge in [-0.05, 0) is 63.4 Å². The minimum absolute atomic E-state index is 0.145. The Bertz CT molecular complexity index is 692. The number of rotatable bonds is 4. The third-order valence-electron chi connectivity index (χ3n) is 3.87. The summed E-state index contributed by atoms with van der Waals surface area (Å²) in [5, 5.41) is 2.94. The van der Waals surface area contributed by atoms with Gasteiger partial charge in [0.25, 0.3) is 5.91 Å². The van der Waals surface area contributed by atoms with Crippen LogP contribution in [0.2, 0.25) is 0 Å². The minimum atomic E-state index is -0.554. The number of aryl methyl sites for hydroxylation is 3. The van der Waals surface area contributed by atoms with Crippen molar-refractivity contribution in [1.29, 1.82) is 0 Å². The molecule has 1 atom stereocenters. The van der Waals surface area contributed by atoms with Crippen molar-refractivity contribution in [2.24, 2.45) is 0 Å². The van der Waals surface area contributed by atoms with Gasteiger partial charge in [0.2, 0.25) is 0 Å². The molecule has 1 amide bonds. The summed E-state index contributed by atoms with van der Waals surface area (Å²) in [4.78, 5) is 12.3. The van der Waals surface area contributed by atoms with Crippen LogP contribution >= 0.6 is 0 Å². The van der Waals surface area contributed by atoms with Crippen LogP contribution < -0.4 is 10.1 Å². The van der Waals surface area contributed by atoms with E-state index in [4.69, 9.17) is 4.74 Å². The average molecular weight is 297 g/mol. The second-order valence-corrected chi connectivity index (χ2v) is 5.77. The monoisotopic (exact) mass is 297 g/mol. The van der Waals surface area contributed by atoms with Gasteiger partial charge in [0.15, 0.2) is 6.10 Å². The van der Waals surface area contributed by atoms with Gasteiger partial charge in [-0.15, -0.1) is 0 Å². The van der Waals surface area contributed by atoms with E-state index in [2.05, 4.69) is 5.32 Å². The number of ether oxygens (including phenoxy) is 1. The molecule has 2 rings (SSSR count). The second kappa shape index (κ2) is 6.65. The molecule has 0 bridgehead atoms. The second-order valence-electron chi connectivity index (χ2n) is 5.77. The Hall–Kier alpha value is -2.29. The molecule has 3 heteroatoms. The van der Waals surface area contributed by atoms with E-state index in [1.807, 2.05) is 64.1 Å². The fraction of sp³-hybridized carbons (Fsp3) is 0.316. The third kappa shape index (κ3) is 3.67. The lowest BCUT2D eigenvalue weighted by molar-refractivity contribution is -0.122. The van der Waals surface area contributed by atoms with Gasteiger partial charge in [-0.1, -0.05) is 29.8 Å². The largest absolute Gasteiger partial charge is 0.481 e. The first-order chi connectivity index (χ1) is 10.4. The maximum Gasteiger partial charge on any atom is 0.265 e. The van der Waals surface area contributed by atoms with Gasteiger partial charge in [0.05, 0.1) is 0 Å². The molecule has 116 valence electrons. The molecular weight excluding hydrogens is 274 g/mol. The van der Waals surface area contributed by atoms with Crippen molar-refractivity contribution in [3.63, 3.8) is 0 Å². The van der Waals surface area contributed by atoms with E-state index in [0.717, 1.165) is 28.1 Å². The molecule has 22 heavy (non-hydrogen) atoms. The molecule has 0 fully saturated rings. The molecule has 0 aliphatic heterocycles. The van der Waals surface area contributed by atoms with E-state index >= 15 is 0 Å². The molecule has 0 saturated carbocycles. The smallest absolute Gasteiger partial charge is 0.265 e. The highest BCUT2D eigenvalue weighted by Gasteiger charge is 2.16. The summed E-state index contributed by atoms with van der Waals surface area (Å²) >= 11 is 0. The lowest BCUT2D eigenvalue weighted by atomic mass is 10.1. The Morgan fingerprint density at radius 2 is 1.77 bits per heavy atom. The molecular formula is C19H23NO2. The highest BCUT2D eigenvalue weighted by Crippen LogP contribution is 2.21. The average Bonchev–Trinajstić information content (AvgIpc) is 2.46. The molecule has 0 heterocycles. The summed E-state index contributed by atoms with van der Waals surface area (Å²) in [5.41, 5.74) is 5.28. The molecule has 0 spiro atoms. The van der Waals surface area contributed by atoms with Gasteiger partial charge in [-0.25, -0.2) is 0 Å². The summed E-state index contributed by atoms with van der Waals surface area (Å²) in [6, 6.07) is 11.8. The van der Waals surface area contributed by atoms with Gasteiger partial charge in [-0.2, -0.15) is 0 Å². The number of amides is 1. The van der Waals surface area contributed by atoms with Crippen LogP contribution in [0.25, 0.3) is 0 Å². The molecule has 2 aromatic rings. The normalized spacial score (nSPS) is 11.9. The minimum Gasteiger partial charge on any atom is -0.481 e. The highest BCUT2D eigenvalue weighted by atomic mass is 16.5. The number of carbonyl (C=O) groups excluding carboxylic acids is 1. The van der Waals surface area contributed by atoms with Crippen molar-refractivity contribution < 1.29 is 9.53 Å². The van der Waals surface area contributed by atoms with Crippen molar-refractivity contribution in [2.45, 2.75) is 40.7 Å². The summed E-state index contributed by atoms with van der Waals surface area (Å²) < 4.78 is 5.79. The van der Waals surface area contributed by atoms with Crippen LogP contribution in [0.3, 0.4) is 0 Å². The fourth-order valence-electron chi connectivity index (χ4n) is 2.30. The fourth-order valence-corrected chi connectivity index (χ4v) is 2.30. The number of anilines is 1. The van der Waals surface area contributed by atoms with Gasteiger partial charge >= 0.3 is 0 Å². The third-order valence-corrected chi connectivity index (χ3v) is 3.87. The molecule has 0 radical (unpaired) electrons. The molecule has 0 aliphatic carbocycles. The Labute approximate surface area is 132 Å². The lowest BCUT2D eigenvalue weighted by Gasteiger charge is -2.17. The first-order valence-corrected chi connectivity index (χ1v) is 7.49. The van der Waals surface area contributed by atoms with Gasteiger partial charge < -0.3 is 10.1 Å². The predicted octanol–water partition coefficient (Wildman–Crippen LogP) is 4.33. The summed E-state index contributed by atoms with van der Waals surface area (Å²) in [6.07, 6.45) is -0.554. The number of hydrogen-bond acceptors (Lipinski definition) is 2. The zero-order valence-corrected chi connectivity index (χ0v) is 13.9. The van der Waals surface area contributed by atoms with E-state index in [9.17, 15) is 4.79 Å². The zero-order valence-electron chi connectivity index (χ0n) is 13.9. The van der Waals surface area contributed by atoms with E-state index in [1.165, 1.54) is 5.56 Å². The van der Waals surface area contributed by atoms with Crippen molar-refractivity contribution >= 4 is 11.6 Å². The van der Waals surface area contributed by atoms with Crippen LogP contribution in [0, 0.1) is 27.7 Å². The Kier molecular flexibility index (Phi) is 4.86. The number of carbonyl (C=O) groups is 1. The summed E-state index contributed by atoms with van der Waals surface area (Å²) in [7, 11) is 0. The first kappa shape index (κ1) is 16.1. The molecule has 0 saturated heterocycles. The number of hydrogen-bond donors (Lipinski definition) is 1. The predicted molar refractivity (Wildman–Crippen MR) is 90.6 cm³/mol. The van der Waals surface area contributed by atoms with Crippen molar-refractivity contribution in [3.05, 3.63) is 58.7 Å². The zero-order chi connectivity index (χ0) is 16.3. The topological polar surface area (TPSA) is 38.3 Å². The maximum absolute atomic E-state index is 12.3. The maximum atomic E-state index is 12.3. The molecule has 3 nitrogen and oxygen atoms in total.